The molecule has 0 radical (unpaired) electrons. The highest BCUT2D eigenvalue weighted by molar-refractivity contribution is 6.30. The van der Waals surface area contributed by atoms with E-state index in [1.54, 1.807) is 24.3 Å². The van der Waals surface area contributed by atoms with Crippen LogP contribution in [-0.4, -0.2) is 42.5 Å². The average Bonchev–Trinajstić information content (AvgIpc) is 2.71. The van der Waals surface area contributed by atoms with Crippen molar-refractivity contribution in [2.45, 2.75) is 39.7 Å². The van der Waals surface area contributed by atoms with Crippen molar-refractivity contribution in [1.82, 2.24) is 10.2 Å². The molecular weight excluding hydrogens is 388 g/mol. The fourth-order valence-electron chi connectivity index (χ4n) is 3.56. The van der Waals surface area contributed by atoms with Gasteiger partial charge in [-0.05, 0) is 74.6 Å². The van der Waals surface area contributed by atoms with Crippen molar-refractivity contribution in [3.8, 4) is 5.75 Å². The minimum Gasteiger partial charge on any atom is -0.483 e. The molecule has 1 aliphatic heterocycles. The minimum atomic E-state index is -0.132. The van der Waals surface area contributed by atoms with Crippen LogP contribution in [0.3, 0.4) is 0 Å². The van der Waals surface area contributed by atoms with Gasteiger partial charge in [0.2, 0.25) is 0 Å². The number of hydrogen-bond donors (Lipinski definition) is 1. The number of nitrogens with one attached hydrogen (secondary N) is 1. The van der Waals surface area contributed by atoms with Crippen LogP contribution >= 0.6 is 11.6 Å². The predicted molar refractivity (Wildman–Crippen MR) is 115 cm³/mol. The van der Waals surface area contributed by atoms with Crippen LogP contribution in [0.1, 0.15) is 39.9 Å². The molecule has 0 spiro atoms. The monoisotopic (exact) mass is 414 g/mol. The Hall–Kier alpha value is -2.53. The quantitative estimate of drug-likeness (QED) is 0.802. The Labute approximate surface area is 177 Å². The number of aryl methyl sites for hydroxylation is 2. The molecule has 1 aliphatic rings. The highest BCUT2D eigenvalue weighted by Gasteiger charge is 2.24. The number of piperidine rings is 1. The summed E-state index contributed by atoms with van der Waals surface area (Å²) >= 11 is 5.88. The van der Waals surface area contributed by atoms with Crippen LogP contribution < -0.4 is 10.1 Å². The van der Waals surface area contributed by atoms with Gasteiger partial charge in [0.05, 0.1) is 0 Å². The van der Waals surface area contributed by atoms with Gasteiger partial charge in [-0.25, -0.2) is 0 Å². The van der Waals surface area contributed by atoms with Gasteiger partial charge in [-0.15, -0.1) is 0 Å². The van der Waals surface area contributed by atoms with Gasteiger partial charge in [0.1, 0.15) is 5.75 Å². The number of nitrogens with zero attached hydrogens (tertiary/aromatic N) is 1. The lowest BCUT2D eigenvalue weighted by Crippen LogP contribution is -2.47. The van der Waals surface area contributed by atoms with E-state index in [2.05, 4.69) is 11.4 Å². The number of carbonyl (C=O) groups is 2. The Morgan fingerprint density at radius 1 is 1.03 bits per heavy atom. The summed E-state index contributed by atoms with van der Waals surface area (Å²) < 4.78 is 5.79. The van der Waals surface area contributed by atoms with Crippen molar-refractivity contribution in [3.05, 3.63) is 63.7 Å². The lowest BCUT2D eigenvalue weighted by atomic mass is 10.0. The second kappa shape index (κ2) is 9.31. The number of halogens is 1. The normalized spacial score (nSPS) is 14.6. The number of hydrogen-bond acceptors (Lipinski definition) is 3. The summed E-state index contributed by atoms with van der Waals surface area (Å²) in [7, 11) is 0. The van der Waals surface area contributed by atoms with Gasteiger partial charge in [-0.1, -0.05) is 23.7 Å². The van der Waals surface area contributed by atoms with Crippen molar-refractivity contribution in [2.75, 3.05) is 19.7 Å². The van der Waals surface area contributed by atoms with Crippen LogP contribution in [0, 0.1) is 20.8 Å². The number of ether oxygens (including phenoxy) is 1. The number of benzene rings is 2. The standard InChI is InChI=1S/C23H27ClN2O3/c1-15-4-5-16(2)22(17(15)3)29-14-21(27)25-20-10-12-26(13-11-20)23(28)18-6-8-19(24)9-7-18/h4-9,20H,10-14H2,1-3H3,(H,25,27). The van der Waals surface area contributed by atoms with E-state index in [9.17, 15) is 9.59 Å². The molecular formula is C23H27ClN2O3. The van der Waals surface area contributed by atoms with Crippen molar-refractivity contribution in [1.29, 1.82) is 0 Å². The van der Waals surface area contributed by atoms with Gasteiger partial charge in [-0.3, -0.25) is 9.59 Å². The zero-order chi connectivity index (χ0) is 21.0. The molecule has 6 heteroatoms. The third-order valence-corrected chi connectivity index (χ3v) is 5.71. The molecule has 1 saturated heterocycles. The average molecular weight is 415 g/mol. The molecule has 29 heavy (non-hydrogen) atoms. The van der Waals surface area contributed by atoms with Crippen LogP contribution in [0.5, 0.6) is 5.75 Å². The number of likely N-dealkylation sites (tertiary alicyclic amines) is 1. The minimum absolute atomic E-state index is 0.000161. The first-order valence-electron chi connectivity index (χ1n) is 9.89. The van der Waals surface area contributed by atoms with E-state index < -0.39 is 0 Å². The number of carbonyl (C=O) groups excluding carboxylic acids is 2. The van der Waals surface area contributed by atoms with Crippen LogP contribution in [-0.2, 0) is 4.79 Å². The first kappa shape index (κ1) is 21.2. The summed E-state index contributed by atoms with van der Waals surface area (Å²) in [5, 5.41) is 3.64. The molecule has 0 bridgehead atoms. The van der Waals surface area contributed by atoms with Gasteiger partial charge in [0.25, 0.3) is 11.8 Å². The Balaban J connectivity index is 1.47. The maximum absolute atomic E-state index is 12.6. The van der Waals surface area contributed by atoms with Crippen molar-refractivity contribution in [3.63, 3.8) is 0 Å². The highest BCUT2D eigenvalue weighted by Crippen LogP contribution is 2.25. The molecule has 1 fully saturated rings. The molecule has 3 rings (SSSR count). The van der Waals surface area contributed by atoms with E-state index in [4.69, 9.17) is 16.3 Å². The van der Waals surface area contributed by atoms with Gasteiger partial charge in [0.15, 0.2) is 6.61 Å². The van der Waals surface area contributed by atoms with Gasteiger partial charge >= 0.3 is 0 Å². The lowest BCUT2D eigenvalue weighted by molar-refractivity contribution is -0.124. The molecule has 2 amide bonds. The van der Waals surface area contributed by atoms with E-state index in [1.807, 2.05) is 31.7 Å². The second-order valence-corrected chi connectivity index (χ2v) is 8.02. The molecule has 0 aromatic heterocycles. The lowest BCUT2D eigenvalue weighted by Gasteiger charge is -2.32. The largest absolute Gasteiger partial charge is 0.483 e. The van der Waals surface area contributed by atoms with E-state index in [0.29, 0.717) is 23.7 Å². The molecule has 1 N–H and O–H groups in total. The molecule has 0 atom stereocenters. The molecule has 0 saturated carbocycles. The summed E-state index contributed by atoms with van der Waals surface area (Å²) in [6, 6.07) is 11.0. The molecule has 1 heterocycles. The summed E-state index contributed by atoms with van der Waals surface area (Å²) in [5.74, 6) is 0.650. The molecule has 2 aromatic carbocycles. The number of amides is 2. The van der Waals surface area contributed by atoms with Crippen LogP contribution in [0.4, 0.5) is 0 Å². The van der Waals surface area contributed by atoms with Crippen molar-refractivity contribution in [2.24, 2.45) is 0 Å². The third kappa shape index (κ3) is 5.30. The van der Waals surface area contributed by atoms with E-state index >= 15 is 0 Å². The van der Waals surface area contributed by atoms with E-state index in [1.165, 1.54) is 0 Å². The Bertz CT molecular complexity index is 888. The first-order chi connectivity index (χ1) is 13.8. The molecule has 0 aliphatic carbocycles. The highest BCUT2D eigenvalue weighted by atomic mass is 35.5. The van der Waals surface area contributed by atoms with Crippen molar-refractivity contribution < 1.29 is 14.3 Å². The van der Waals surface area contributed by atoms with Crippen LogP contribution in [0.15, 0.2) is 36.4 Å². The van der Waals surface area contributed by atoms with E-state index in [0.717, 1.165) is 35.3 Å². The molecule has 154 valence electrons. The summed E-state index contributed by atoms with van der Waals surface area (Å²) in [4.78, 5) is 26.7. The SMILES string of the molecule is Cc1ccc(C)c(OCC(=O)NC2CCN(C(=O)c3ccc(Cl)cc3)CC2)c1C. The maximum atomic E-state index is 12.6. The fourth-order valence-corrected chi connectivity index (χ4v) is 3.68. The van der Waals surface area contributed by atoms with E-state index in [-0.39, 0.29) is 24.5 Å². The van der Waals surface area contributed by atoms with Gasteiger partial charge < -0.3 is 15.0 Å². The summed E-state index contributed by atoms with van der Waals surface area (Å²) in [6.45, 7) is 7.23. The van der Waals surface area contributed by atoms with Gasteiger partial charge in [0, 0.05) is 29.7 Å². The predicted octanol–water partition coefficient (Wildman–Crippen LogP) is 4.07. The van der Waals surface area contributed by atoms with Crippen molar-refractivity contribution >= 4 is 23.4 Å². The van der Waals surface area contributed by atoms with Crippen LogP contribution in [0.2, 0.25) is 5.02 Å². The molecule has 0 unspecified atom stereocenters. The first-order valence-corrected chi connectivity index (χ1v) is 10.3. The van der Waals surface area contributed by atoms with Crippen LogP contribution in [0.25, 0.3) is 0 Å². The number of rotatable bonds is 5. The zero-order valence-electron chi connectivity index (χ0n) is 17.1. The molecule has 5 nitrogen and oxygen atoms in total. The Kier molecular flexibility index (Phi) is 6.80. The third-order valence-electron chi connectivity index (χ3n) is 5.46. The zero-order valence-corrected chi connectivity index (χ0v) is 17.9. The summed E-state index contributed by atoms with van der Waals surface area (Å²) in [6.07, 6.45) is 1.46. The molecule has 2 aromatic rings. The van der Waals surface area contributed by atoms with Gasteiger partial charge in [-0.2, -0.15) is 0 Å². The second-order valence-electron chi connectivity index (χ2n) is 7.58. The Morgan fingerprint density at radius 3 is 2.31 bits per heavy atom. The maximum Gasteiger partial charge on any atom is 0.258 e. The summed E-state index contributed by atoms with van der Waals surface area (Å²) in [5.41, 5.74) is 3.86. The fraction of sp³-hybridized carbons (Fsp3) is 0.391. The topological polar surface area (TPSA) is 58.6 Å². The smallest absolute Gasteiger partial charge is 0.258 e. The Morgan fingerprint density at radius 2 is 1.66 bits per heavy atom.